The number of anilines is 1. The van der Waals surface area contributed by atoms with E-state index in [4.69, 9.17) is 11.6 Å². The Bertz CT molecular complexity index is 924. The second-order valence-electron chi connectivity index (χ2n) is 6.46. The van der Waals surface area contributed by atoms with Crippen LogP contribution in [0.15, 0.2) is 47.4 Å². The summed E-state index contributed by atoms with van der Waals surface area (Å²) in [7, 11) is -3.95. The first kappa shape index (κ1) is 19.6. The highest BCUT2D eigenvalue weighted by Crippen LogP contribution is 2.27. The van der Waals surface area contributed by atoms with Gasteiger partial charge in [-0.15, -0.1) is 0 Å². The van der Waals surface area contributed by atoms with E-state index in [1.807, 2.05) is 0 Å². The first-order chi connectivity index (χ1) is 12.9. The molecule has 1 N–H and O–H groups in total. The van der Waals surface area contributed by atoms with Crippen molar-refractivity contribution in [3.63, 3.8) is 0 Å². The molecule has 1 fully saturated rings. The van der Waals surface area contributed by atoms with Gasteiger partial charge in [0.25, 0.3) is 15.9 Å². The van der Waals surface area contributed by atoms with Gasteiger partial charge in [-0.05, 0) is 55.3 Å². The fourth-order valence-corrected chi connectivity index (χ4v) is 4.30. The van der Waals surface area contributed by atoms with Crippen LogP contribution in [0.3, 0.4) is 0 Å². The molecule has 0 aliphatic carbocycles. The fraction of sp³-hybridized carbons (Fsp3) is 0.316. The molecule has 2 aromatic carbocycles. The number of carbonyl (C=O) groups is 1. The van der Waals surface area contributed by atoms with Gasteiger partial charge in [0.1, 0.15) is 5.82 Å². The third-order valence-electron chi connectivity index (χ3n) is 4.47. The van der Waals surface area contributed by atoms with Crippen molar-refractivity contribution in [2.75, 3.05) is 17.8 Å². The van der Waals surface area contributed by atoms with Crippen molar-refractivity contribution < 1.29 is 17.6 Å². The maximum Gasteiger partial charge on any atom is 0.261 e. The van der Waals surface area contributed by atoms with Gasteiger partial charge in [0.2, 0.25) is 0 Å². The predicted octanol–water partition coefficient (Wildman–Crippen LogP) is 4.30. The number of likely N-dealkylation sites (tertiary alicyclic amines) is 1. The highest BCUT2D eigenvalue weighted by molar-refractivity contribution is 7.92. The molecule has 1 heterocycles. The van der Waals surface area contributed by atoms with Gasteiger partial charge in [-0.3, -0.25) is 9.52 Å². The zero-order valence-corrected chi connectivity index (χ0v) is 16.2. The number of hydrogen-bond acceptors (Lipinski definition) is 3. The molecule has 0 aromatic heterocycles. The van der Waals surface area contributed by atoms with Crippen LogP contribution in [-0.4, -0.2) is 32.3 Å². The molecule has 0 spiro atoms. The summed E-state index contributed by atoms with van der Waals surface area (Å²) in [6.45, 7) is 1.39. The van der Waals surface area contributed by atoms with Crippen molar-refractivity contribution in [3.05, 3.63) is 58.9 Å². The minimum Gasteiger partial charge on any atom is -0.339 e. The molecule has 0 unspecified atom stereocenters. The van der Waals surface area contributed by atoms with Gasteiger partial charge >= 0.3 is 0 Å². The van der Waals surface area contributed by atoms with Crippen molar-refractivity contribution in [2.24, 2.45) is 0 Å². The average molecular weight is 411 g/mol. The summed E-state index contributed by atoms with van der Waals surface area (Å²) < 4.78 is 40.4. The van der Waals surface area contributed by atoms with Gasteiger partial charge in [-0.2, -0.15) is 0 Å². The van der Waals surface area contributed by atoms with Gasteiger partial charge in [0, 0.05) is 18.7 Å². The number of nitrogens with zero attached hydrogens (tertiary/aromatic N) is 1. The second kappa shape index (κ2) is 8.27. The lowest BCUT2D eigenvalue weighted by molar-refractivity contribution is 0.0761. The monoisotopic (exact) mass is 410 g/mol. The number of benzene rings is 2. The Morgan fingerprint density at radius 2 is 1.63 bits per heavy atom. The minimum absolute atomic E-state index is 0.0933. The Morgan fingerprint density at radius 1 is 1.00 bits per heavy atom. The zero-order chi connectivity index (χ0) is 19.4. The SMILES string of the molecule is O=C(c1ccc(Cl)c(NS(=O)(=O)c2ccc(F)cc2)c1)N1CCCCCC1. The maximum atomic E-state index is 13.0. The molecule has 0 saturated carbocycles. The zero-order valence-electron chi connectivity index (χ0n) is 14.6. The topological polar surface area (TPSA) is 66.5 Å². The summed E-state index contributed by atoms with van der Waals surface area (Å²) in [5.41, 5.74) is 0.486. The predicted molar refractivity (Wildman–Crippen MR) is 103 cm³/mol. The summed E-state index contributed by atoms with van der Waals surface area (Å²) >= 11 is 6.12. The van der Waals surface area contributed by atoms with Crippen LogP contribution in [-0.2, 0) is 10.0 Å². The van der Waals surface area contributed by atoms with Gasteiger partial charge in [-0.1, -0.05) is 24.4 Å². The van der Waals surface area contributed by atoms with E-state index in [1.54, 1.807) is 11.0 Å². The standard InChI is InChI=1S/C19H20ClFN2O3S/c20-17-10-5-14(19(24)23-11-3-1-2-4-12-23)13-18(17)22-27(25,26)16-8-6-15(21)7-9-16/h5-10,13,22H,1-4,11-12H2. The Kier molecular flexibility index (Phi) is 6.01. The molecular formula is C19H20ClFN2O3S. The van der Waals surface area contributed by atoms with E-state index in [0.29, 0.717) is 18.7 Å². The van der Waals surface area contributed by atoms with Crippen molar-refractivity contribution in [1.82, 2.24) is 4.90 Å². The number of hydrogen-bond donors (Lipinski definition) is 1. The van der Waals surface area contributed by atoms with E-state index >= 15 is 0 Å². The number of rotatable bonds is 4. The molecule has 1 amide bonds. The summed E-state index contributed by atoms with van der Waals surface area (Å²) in [5.74, 6) is -0.673. The number of carbonyl (C=O) groups excluding carboxylic acids is 1. The van der Waals surface area contributed by atoms with Crippen LogP contribution in [0.2, 0.25) is 5.02 Å². The van der Waals surface area contributed by atoms with E-state index in [1.165, 1.54) is 12.1 Å². The Balaban J connectivity index is 1.84. The van der Waals surface area contributed by atoms with Crippen LogP contribution in [0.25, 0.3) is 0 Å². The van der Waals surface area contributed by atoms with E-state index in [9.17, 15) is 17.6 Å². The summed E-state index contributed by atoms with van der Waals surface area (Å²) in [4.78, 5) is 14.4. The summed E-state index contributed by atoms with van der Waals surface area (Å²) in [6.07, 6.45) is 4.13. The summed E-state index contributed by atoms with van der Waals surface area (Å²) in [5, 5.41) is 0.174. The molecule has 8 heteroatoms. The molecule has 0 radical (unpaired) electrons. The molecule has 2 aromatic rings. The average Bonchev–Trinajstić information content (AvgIpc) is 2.92. The lowest BCUT2D eigenvalue weighted by atomic mass is 10.1. The van der Waals surface area contributed by atoms with Gasteiger partial charge < -0.3 is 4.90 Å². The molecule has 3 rings (SSSR count). The first-order valence-electron chi connectivity index (χ1n) is 8.74. The van der Waals surface area contributed by atoms with Gasteiger partial charge in [0.05, 0.1) is 15.6 Å². The lowest BCUT2D eigenvalue weighted by Crippen LogP contribution is -2.31. The quantitative estimate of drug-likeness (QED) is 0.817. The first-order valence-corrected chi connectivity index (χ1v) is 10.6. The third kappa shape index (κ3) is 4.78. The molecular weight excluding hydrogens is 391 g/mol. The largest absolute Gasteiger partial charge is 0.339 e. The number of sulfonamides is 1. The van der Waals surface area contributed by atoms with Crippen LogP contribution in [0, 0.1) is 5.82 Å². The van der Waals surface area contributed by atoms with Crippen molar-refractivity contribution in [1.29, 1.82) is 0 Å². The van der Waals surface area contributed by atoms with E-state index in [0.717, 1.165) is 49.9 Å². The van der Waals surface area contributed by atoms with Crippen molar-refractivity contribution >= 4 is 33.2 Å². The maximum absolute atomic E-state index is 13.0. The highest BCUT2D eigenvalue weighted by atomic mass is 35.5. The smallest absolute Gasteiger partial charge is 0.261 e. The van der Waals surface area contributed by atoms with Crippen LogP contribution in [0.1, 0.15) is 36.0 Å². The Morgan fingerprint density at radius 3 is 2.26 bits per heavy atom. The second-order valence-corrected chi connectivity index (χ2v) is 8.55. The van der Waals surface area contributed by atoms with Crippen LogP contribution < -0.4 is 4.72 Å². The number of halogens is 2. The van der Waals surface area contributed by atoms with Crippen molar-refractivity contribution in [2.45, 2.75) is 30.6 Å². The molecule has 144 valence electrons. The van der Waals surface area contributed by atoms with Gasteiger partial charge in [-0.25, -0.2) is 12.8 Å². The number of amides is 1. The molecule has 1 aliphatic heterocycles. The van der Waals surface area contributed by atoms with Gasteiger partial charge in [0.15, 0.2) is 0 Å². The molecule has 5 nitrogen and oxygen atoms in total. The number of nitrogens with one attached hydrogen (secondary N) is 1. The van der Waals surface area contributed by atoms with Crippen LogP contribution in [0.5, 0.6) is 0 Å². The van der Waals surface area contributed by atoms with E-state index in [2.05, 4.69) is 4.72 Å². The molecule has 0 bridgehead atoms. The third-order valence-corrected chi connectivity index (χ3v) is 6.19. The lowest BCUT2D eigenvalue weighted by Gasteiger charge is -2.21. The van der Waals surface area contributed by atoms with E-state index in [-0.39, 0.29) is 21.5 Å². The highest BCUT2D eigenvalue weighted by Gasteiger charge is 2.20. The molecule has 0 atom stereocenters. The molecule has 27 heavy (non-hydrogen) atoms. The van der Waals surface area contributed by atoms with Crippen LogP contribution >= 0.6 is 11.6 Å². The van der Waals surface area contributed by atoms with E-state index < -0.39 is 15.8 Å². The van der Waals surface area contributed by atoms with Crippen molar-refractivity contribution in [3.8, 4) is 0 Å². The molecule has 1 aliphatic rings. The Hall–Kier alpha value is -2.12. The summed E-state index contributed by atoms with van der Waals surface area (Å²) in [6, 6.07) is 8.98. The minimum atomic E-state index is -3.95. The normalized spacial score (nSPS) is 15.3. The molecule has 1 saturated heterocycles. The Labute approximate surface area is 163 Å². The van der Waals surface area contributed by atoms with Crippen LogP contribution in [0.4, 0.5) is 10.1 Å². The fourth-order valence-electron chi connectivity index (χ4n) is 3.01.